The van der Waals surface area contributed by atoms with Crippen LogP contribution >= 0.6 is 0 Å². The molecule has 2 nitrogen and oxygen atoms in total. The van der Waals surface area contributed by atoms with E-state index in [1.165, 1.54) is 45.2 Å². The molecule has 2 saturated heterocycles. The highest BCUT2D eigenvalue weighted by molar-refractivity contribution is 4.95. The highest BCUT2D eigenvalue weighted by Gasteiger charge is 2.38. The van der Waals surface area contributed by atoms with Crippen LogP contribution in [0.5, 0.6) is 0 Å². The van der Waals surface area contributed by atoms with E-state index in [1.807, 2.05) is 0 Å². The number of nitrogens with zero attached hydrogens (tertiary/aromatic N) is 2. The van der Waals surface area contributed by atoms with Crippen molar-refractivity contribution in [3.63, 3.8) is 0 Å². The zero-order chi connectivity index (χ0) is 14.3. The Hall–Kier alpha value is -0.0800. The Morgan fingerprint density at radius 1 is 0.737 bits per heavy atom. The zero-order valence-corrected chi connectivity index (χ0v) is 14.0. The van der Waals surface area contributed by atoms with Crippen LogP contribution in [-0.2, 0) is 0 Å². The molecule has 112 valence electrons. The van der Waals surface area contributed by atoms with Gasteiger partial charge < -0.3 is 0 Å². The van der Waals surface area contributed by atoms with Crippen molar-refractivity contribution in [3.05, 3.63) is 0 Å². The molecule has 0 aromatic heterocycles. The van der Waals surface area contributed by atoms with Crippen molar-refractivity contribution in [2.45, 2.75) is 96.8 Å². The van der Waals surface area contributed by atoms with Gasteiger partial charge in [0.25, 0.3) is 0 Å². The third kappa shape index (κ3) is 3.52. The lowest BCUT2D eigenvalue weighted by Crippen LogP contribution is -2.49. The van der Waals surface area contributed by atoms with Crippen LogP contribution in [0.4, 0.5) is 0 Å². The van der Waals surface area contributed by atoms with Gasteiger partial charge in [-0.1, -0.05) is 0 Å². The molecular formula is C17H34N2. The Morgan fingerprint density at radius 3 is 1.42 bits per heavy atom. The molecule has 0 radical (unpaired) electrons. The normalized spacial score (nSPS) is 31.3. The van der Waals surface area contributed by atoms with E-state index >= 15 is 0 Å². The largest absolute Gasteiger partial charge is 0.295 e. The van der Waals surface area contributed by atoms with E-state index in [2.05, 4.69) is 51.3 Å². The molecule has 0 aromatic carbocycles. The van der Waals surface area contributed by atoms with E-state index in [0.717, 1.165) is 12.1 Å². The Labute approximate surface area is 120 Å². The fourth-order valence-corrected chi connectivity index (χ4v) is 4.24. The molecule has 2 aliphatic heterocycles. The van der Waals surface area contributed by atoms with Crippen LogP contribution in [0.15, 0.2) is 0 Å². The van der Waals surface area contributed by atoms with Crippen LogP contribution in [0.1, 0.15) is 73.6 Å². The molecule has 2 aliphatic rings. The van der Waals surface area contributed by atoms with Crippen LogP contribution in [-0.4, -0.2) is 46.1 Å². The average molecular weight is 266 g/mol. The first-order chi connectivity index (χ1) is 8.69. The maximum absolute atomic E-state index is 2.76. The van der Waals surface area contributed by atoms with E-state index in [4.69, 9.17) is 0 Å². The Bertz CT molecular complexity index is 267. The molecule has 0 aromatic rings. The third-order valence-electron chi connectivity index (χ3n) is 5.02. The van der Waals surface area contributed by atoms with Gasteiger partial charge in [0, 0.05) is 23.2 Å². The monoisotopic (exact) mass is 266 g/mol. The van der Waals surface area contributed by atoms with Crippen molar-refractivity contribution >= 4 is 0 Å². The highest BCUT2D eigenvalue weighted by Crippen LogP contribution is 2.34. The van der Waals surface area contributed by atoms with Crippen molar-refractivity contribution in [1.29, 1.82) is 0 Å². The fourth-order valence-electron chi connectivity index (χ4n) is 4.24. The molecule has 0 saturated carbocycles. The Morgan fingerprint density at radius 2 is 1.11 bits per heavy atom. The van der Waals surface area contributed by atoms with Crippen molar-refractivity contribution in [2.75, 3.05) is 13.1 Å². The van der Waals surface area contributed by atoms with E-state index in [0.29, 0.717) is 11.1 Å². The zero-order valence-electron chi connectivity index (χ0n) is 14.0. The molecule has 0 bridgehead atoms. The van der Waals surface area contributed by atoms with Gasteiger partial charge in [0.1, 0.15) is 0 Å². The van der Waals surface area contributed by atoms with Crippen LogP contribution in [0.3, 0.4) is 0 Å². The van der Waals surface area contributed by atoms with E-state index < -0.39 is 0 Å². The van der Waals surface area contributed by atoms with Crippen molar-refractivity contribution in [3.8, 4) is 0 Å². The summed E-state index contributed by atoms with van der Waals surface area (Å²) >= 11 is 0. The maximum atomic E-state index is 2.76. The summed E-state index contributed by atoms with van der Waals surface area (Å²) in [6, 6.07) is 1.63. The molecule has 2 atom stereocenters. The van der Waals surface area contributed by atoms with Crippen molar-refractivity contribution < 1.29 is 0 Å². The number of hydrogen-bond acceptors (Lipinski definition) is 2. The second-order valence-corrected chi connectivity index (χ2v) is 8.56. The fraction of sp³-hybridized carbons (Fsp3) is 1.00. The van der Waals surface area contributed by atoms with Crippen LogP contribution in [0, 0.1) is 0 Å². The molecule has 0 amide bonds. The second kappa shape index (κ2) is 5.37. The molecule has 2 fully saturated rings. The number of hydrogen-bond donors (Lipinski definition) is 0. The lowest BCUT2D eigenvalue weighted by Gasteiger charge is -2.42. The van der Waals surface area contributed by atoms with Gasteiger partial charge in [0.05, 0.1) is 0 Å². The summed E-state index contributed by atoms with van der Waals surface area (Å²) in [5.41, 5.74) is 0.679. The van der Waals surface area contributed by atoms with Gasteiger partial charge in [0.2, 0.25) is 0 Å². The van der Waals surface area contributed by atoms with Crippen molar-refractivity contribution in [2.24, 2.45) is 0 Å². The lowest BCUT2D eigenvalue weighted by molar-refractivity contribution is 0.0681. The highest BCUT2D eigenvalue weighted by atomic mass is 15.3. The molecular weight excluding hydrogens is 232 g/mol. The lowest BCUT2D eigenvalue weighted by atomic mass is 9.96. The summed E-state index contributed by atoms with van der Waals surface area (Å²) in [4.78, 5) is 5.51. The minimum absolute atomic E-state index is 0.340. The van der Waals surface area contributed by atoms with Gasteiger partial charge in [-0.3, -0.25) is 9.80 Å². The molecule has 2 unspecified atom stereocenters. The minimum atomic E-state index is 0.340. The molecule has 0 N–H and O–H groups in total. The minimum Gasteiger partial charge on any atom is -0.295 e. The average Bonchev–Trinajstić information content (AvgIpc) is 2.83. The van der Waals surface area contributed by atoms with Gasteiger partial charge in [-0.2, -0.15) is 0 Å². The summed E-state index contributed by atoms with van der Waals surface area (Å²) in [6.45, 7) is 16.9. The van der Waals surface area contributed by atoms with Gasteiger partial charge >= 0.3 is 0 Å². The van der Waals surface area contributed by atoms with E-state index in [1.54, 1.807) is 0 Å². The first-order valence-corrected chi connectivity index (χ1v) is 8.23. The van der Waals surface area contributed by atoms with Crippen LogP contribution in [0.25, 0.3) is 0 Å². The Kier molecular flexibility index (Phi) is 4.32. The van der Waals surface area contributed by atoms with E-state index in [-0.39, 0.29) is 0 Å². The van der Waals surface area contributed by atoms with Gasteiger partial charge in [0.15, 0.2) is 0 Å². The first-order valence-electron chi connectivity index (χ1n) is 8.23. The molecule has 0 aliphatic carbocycles. The predicted molar refractivity (Wildman–Crippen MR) is 83.6 cm³/mol. The molecule has 2 rings (SSSR count). The summed E-state index contributed by atoms with van der Waals surface area (Å²) in [5, 5.41) is 0. The topological polar surface area (TPSA) is 6.48 Å². The second-order valence-electron chi connectivity index (χ2n) is 8.56. The summed E-state index contributed by atoms with van der Waals surface area (Å²) in [5.74, 6) is 0. The quantitative estimate of drug-likeness (QED) is 0.748. The first kappa shape index (κ1) is 15.3. The van der Waals surface area contributed by atoms with Crippen LogP contribution < -0.4 is 0 Å². The summed E-state index contributed by atoms with van der Waals surface area (Å²) < 4.78 is 0. The SMILES string of the molecule is CC(C)(C)N1CCCC1CC1CCCN1C(C)(C)C. The van der Waals surface area contributed by atoms with Crippen molar-refractivity contribution in [1.82, 2.24) is 9.80 Å². The molecule has 2 heterocycles. The standard InChI is InChI=1S/C17H34N2/c1-16(2,3)18-11-7-9-14(18)13-15-10-8-12-19(15)17(4,5)6/h14-15H,7-13H2,1-6H3. The predicted octanol–water partition coefficient (Wildman–Crippen LogP) is 3.90. The number of likely N-dealkylation sites (tertiary alicyclic amines) is 2. The van der Waals surface area contributed by atoms with Gasteiger partial charge in [-0.05, 0) is 86.7 Å². The summed E-state index contributed by atoms with van der Waals surface area (Å²) in [6.07, 6.45) is 6.99. The Balaban J connectivity index is 2.00. The van der Waals surface area contributed by atoms with Crippen LogP contribution in [0.2, 0.25) is 0 Å². The third-order valence-corrected chi connectivity index (χ3v) is 5.02. The molecule has 19 heavy (non-hydrogen) atoms. The molecule has 2 heteroatoms. The summed E-state index contributed by atoms with van der Waals surface area (Å²) in [7, 11) is 0. The maximum Gasteiger partial charge on any atom is 0.0128 e. The van der Waals surface area contributed by atoms with Gasteiger partial charge in [-0.25, -0.2) is 0 Å². The number of rotatable bonds is 2. The smallest absolute Gasteiger partial charge is 0.0128 e. The van der Waals surface area contributed by atoms with Gasteiger partial charge in [-0.15, -0.1) is 0 Å². The molecule has 0 spiro atoms. The van der Waals surface area contributed by atoms with E-state index in [9.17, 15) is 0 Å².